The first-order chi connectivity index (χ1) is 17.4. The van der Waals surface area contributed by atoms with E-state index in [0.717, 1.165) is 43.1 Å². The van der Waals surface area contributed by atoms with Gasteiger partial charge in [-0.15, -0.1) is 0 Å². The van der Waals surface area contributed by atoms with Crippen LogP contribution in [0, 0.1) is 41.4 Å². The van der Waals surface area contributed by atoms with E-state index in [-0.39, 0.29) is 22.8 Å². The average molecular weight is 506 g/mol. The van der Waals surface area contributed by atoms with Crippen LogP contribution < -0.4 is 9.47 Å². The Bertz CT molecular complexity index is 946. The van der Waals surface area contributed by atoms with Crippen molar-refractivity contribution in [3.05, 3.63) is 53.6 Å². The second-order valence-corrected chi connectivity index (χ2v) is 10.6. The Morgan fingerprint density at radius 3 is 1.94 bits per heavy atom. The minimum atomic E-state index is -2.93. The Kier molecular flexibility index (Phi) is 9.55. The molecule has 197 valence electrons. The van der Waals surface area contributed by atoms with Crippen LogP contribution in [0.3, 0.4) is 0 Å². The van der Waals surface area contributed by atoms with Crippen molar-refractivity contribution in [1.82, 2.24) is 0 Å². The highest BCUT2D eigenvalue weighted by atomic mass is 19.3. The summed E-state index contributed by atoms with van der Waals surface area (Å²) < 4.78 is 64.0. The van der Waals surface area contributed by atoms with Crippen molar-refractivity contribution >= 4 is 0 Å². The van der Waals surface area contributed by atoms with Gasteiger partial charge in [0.2, 0.25) is 0 Å². The van der Waals surface area contributed by atoms with Crippen LogP contribution in [0.15, 0.2) is 30.3 Å². The molecule has 2 nitrogen and oxygen atoms in total. The maximum atomic E-state index is 15.1. The van der Waals surface area contributed by atoms with Gasteiger partial charge in [-0.05, 0) is 92.5 Å². The molecule has 0 saturated heterocycles. The third kappa shape index (κ3) is 7.17. The number of hydrogen-bond acceptors (Lipinski definition) is 2. The predicted molar refractivity (Wildman–Crippen MR) is 132 cm³/mol. The molecule has 2 aliphatic rings. The molecule has 0 aromatic heterocycles. The molecule has 2 aromatic carbocycles. The minimum absolute atomic E-state index is 0.0257. The lowest BCUT2D eigenvalue weighted by molar-refractivity contribution is -0.0498. The zero-order valence-electron chi connectivity index (χ0n) is 21.1. The van der Waals surface area contributed by atoms with Gasteiger partial charge in [0.15, 0.2) is 11.6 Å². The highest BCUT2D eigenvalue weighted by Crippen LogP contribution is 2.43. The van der Waals surface area contributed by atoms with Gasteiger partial charge in [-0.25, -0.2) is 8.78 Å². The molecule has 2 aromatic rings. The molecule has 0 unspecified atom stereocenters. The lowest BCUT2D eigenvalue weighted by atomic mass is 9.68. The van der Waals surface area contributed by atoms with Gasteiger partial charge in [-0.1, -0.05) is 45.4 Å². The van der Waals surface area contributed by atoms with E-state index in [9.17, 15) is 13.2 Å². The van der Waals surface area contributed by atoms with Crippen molar-refractivity contribution in [2.45, 2.75) is 90.6 Å². The first-order valence-corrected chi connectivity index (χ1v) is 13.5. The van der Waals surface area contributed by atoms with Gasteiger partial charge in [0.25, 0.3) is 0 Å². The molecule has 0 spiro atoms. The monoisotopic (exact) mass is 505 g/mol. The first kappa shape index (κ1) is 26.8. The molecule has 36 heavy (non-hydrogen) atoms. The van der Waals surface area contributed by atoms with Gasteiger partial charge >= 0.3 is 6.61 Å². The summed E-state index contributed by atoms with van der Waals surface area (Å²) in [6.45, 7) is -0.648. The van der Waals surface area contributed by atoms with E-state index >= 15 is 4.39 Å². The van der Waals surface area contributed by atoms with Gasteiger partial charge in [-0.2, -0.15) is 8.78 Å². The summed E-state index contributed by atoms with van der Waals surface area (Å²) in [5, 5.41) is 0. The fourth-order valence-electron chi connectivity index (χ4n) is 6.29. The van der Waals surface area contributed by atoms with Gasteiger partial charge in [0, 0.05) is 11.6 Å². The number of benzene rings is 2. The van der Waals surface area contributed by atoms with E-state index in [1.165, 1.54) is 75.6 Å². The van der Waals surface area contributed by atoms with Crippen LogP contribution >= 0.6 is 0 Å². The van der Waals surface area contributed by atoms with E-state index in [1.54, 1.807) is 0 Å². The van der Waals surface area contributed by atoms with Crippen LogP contribution in [0.4, 0.5) is 17.6 Å². The maximum absolute atomic E-state index is 15.1. The average Bonchev–Trinajstić information content (AvgIpc) is 2.87. The third-order valence-corrected chi connectivity index (χ3v) is 8.30. The van der Waals surface area contributed by atoms with Gasteiger partial charge < -0.3 is 9.47 Å². The summed E-state index contributed by atoms with van der Waals surface area (Å²) >= 11 is 0. The lowest BCUT2D eigenvalue weighted by Gasteiger charge is -2.38. The van der Waals surface area contributed by atoms with Gasteiger partial charge in [-0.3, -0.25) is 0 Å². The smallest absolute Gasteiger partial charge is 0.387 e. The fourth-order valence-corrected chi connectivity index (χ4v) is 6.29. The van der Waals surface area contributed by atoms with E-state index in [0.29, 0.717) is 12.3 Å². The minimum Gasteiger partial charge on any atom is -0.454 e. The summed E-state index contributed by atoms with van der Waals surface area (Å²) in [4.78, 5) is 0. The lowest BCUT2D eigenvalue weighted by Crippen LogP contribution is -2.26. The van der Waals surface area contributed by atoms with Crippen LogP contribution in [0.1, 0.15) is 83.1 Å². The van der Waals surface area contributed by atoms with Crippen molar-refractivity contribution < 1.29 is 27.0 Å². The van der Waals surface area contributed by atoms with Crippen LogP contribution in [-0.2, 0) is 6.42 Å². The summed E-state index contributed by atoms with van der Waals surface area (Å²) in [7, 11) is 0. The van der Waals surface area contributed by atoms with E-state index in [4.69, 9.17) is 4.74 Å². The standard InChI is InChI=1S/C30H37F4O2/c1-2-3-20-4-9-22(10-5-20)23-11-6-21(7-12-23)8-17-26-27(31)18-19-28(29(26)32)35-24-13-15-25(16-14-24)36-30(33)34/h13-16,18,20-23,30H,2-12,17H2,1H3/t20-,21?,22-,23?. The molecule has 0 N–H and O–H groups in total. The van der Waals surface area contributed by atoms with Crippen LogP contribution in [-0.4, -0.2) is 6.61 Å². The highest BCUT2D eigenvalue weighted by Gasteiger charge is 2.31. The molecule has 0 amide bonds. The van der Waals surface area contributed by atoms with Crippen molar-refractivity contribution in [1.29, 1.82) is 0 Å². The SMILES string of the molecule is CCC[C@H]1CC[C@H](C2CCC(CCc3c(F)c[c]c(Oc4ccc(OC(F)F)cc4)c3F)CC2)CC1. The third-order valence-electron chi connectivity index (χ3n) is 8.30. The van der Waals surface area contributed by atoms with Gasteiger partial charge in [0.1, 0.15) is 17.3 Å². The Balaban J connectivity index is 1.27. The van der Waals surface area contributed by atoms with Crippen LogP contribution in [0.2, 0.25) is 0 Å². The highest BCUT2D eigenvalue weighted by molar-refractivity contribution is 5.38. The summed E-state index contributed by atoms with van der Waals surface area (Å²) in [5.74, 6) is 1.76. The molecular weight excluding hydrogens is 468 g/mol. The molecule has 0 heterocycles. The van der Waals surface area contributed by atoms with E-state index < -0.39 is 18.2 Å². The van der Waals surface area contributed by atoms with Crippen molar-refractivity contribution in [2.75, 3.05) is 0 Å². The zero-order valence-corrected chi connectivity index (χ0v) is 21.1. The second-order valence-electron chi connectivity index (χ2n) is 10.6. The zero-order chi connectivity index (χ0) is 25.5. The summed E-state index contributed by atoms with van der Waals surface area (Å²) in [5.41, 5.74) is 0.0257. The predicted octanol–water partition coefficient (Wildman–Crippen LogP) is 9.50. The van der Waals surface area contributed by atoms with Gasteiger partial charge in [0.05, 0.1) is 0 Å². The normalized spacial score (nSPS) is 24.6. The number of alkyl halides is 2. The number of halogens is 4. The molecule has 6 heteroatoms. The second kappa shape index (κ2) is 12.8. The molecule has 4 rings (SSSR count). The quantitative estimate of drug-likeness (QED) is 0.299. The number of hydrogen-bond donors (Lipinski definition) is 0. The Hall–Kier alpha value is -2.24. The van der Waals surface area contributed by atoms with Crippen molar-refractivity contribution in [2.24, 2.45) is 23.7 Å². The fraction of sp³-hybridized carbons (Fsp3) is 0.600. The number of ether oxygens (including phenoxy) is 2. The summed E-state index contributed by atoms with van der Waals surface area (Å²) in [6.07, 6.45) is 14.0. The molecular formula is C30H37F4O2. The molecule has 0 atom stereocenters. The Labute approximate surface area is 212 Å². The molecule has 0 aliphatic heterocycles. The maximum Gasteiger partial charge on any atom is 0.387 e. The first-order valence-electron chi connectivity index (χ1n) is 13.5. The van der Waals surface area contributed by atoms with Crippen LogP contribution in [0.5, 0.6) is 17.2 Å². The summed E-state index contributed by atoms with van der Waals surface area (Å²) in [6, 6.07) is 9.00. The molecule has 2 saturated carbocycles. The van der Waals surface area contributed by atoms with Crippen molar-refractivity contribution in [3.8, 4) is 17.2 Å². The molecule has 1 radical (unpaired) electrons. The number of rotatable bonds is 10. The Morgan fingerprint density at radius 2 is 1.39 bits per heavy atom. The topological polar surface area (TPSA) is 18.5 Å². The molecule has 2 fully saturated rings. The van der Waals surface area contributed by atoms with E-state index in [2.05, 4.69) is 17.7 Å². The van der Waals surface area contributed by atoms with Crippen LogP contribution in [0.25, 0.3) is 0 Å². The van der Waals surface area contributed by atoms with Crippen molar-refractivity contribution in [3.63, 3.8) is 0 Å². The molecule has 2 aliphatic carbocycles. The Morgan fingerprint density at radius 1 is 0.833 bits per heavy atom. The van der Waals surface area contributed by atoms with E-state index in [1.807, 2.05) is 0 Å². The molecule has 0 bridgehead atoms. The largest absolute Gasteiger partial charge is 0.454 e.